The minimum absolute atomic E-state index is 0.265. The Morgan fingerprint density at radius 2 is 2.05 bits per heavy atom. The van der Waals surface area contributed by atoms with Gasteiger partial charge in [-0.1, -0.05) is 6.42 Å². The quantitative estimate of drug-likeness (QED) is 0.353. The lowest BCUT2D eigenvalue weighted by Gasteiger charge is -2.35. The van der Waals surface area contributed by atoms with Crippen LogP contribution in [0.5, 0.6) is 5.88 Å². The SMILES string of the molecule is CCOc1cncc(-c2cnc(C(=O)N[C@@H](C[C@H]3CCCCN3C)c3cc(NS(=O)(=O)C4CC4)ccn3)s2)n1. The predicted octanol–water partition coefficient (Wildman–Crippen LogP) is 3.64. The fourth-order valence-electron chi connectivity index (χ4n) is 4.70. The number of nitrogens with zero attached hydrogens (tertiary/aromatic N) is 5. The van der Waals surface area contributed by atoms with Gasteiger partial charge in [-0.25, -0.2) is 18.4 Å². The van der Waals surface area contributed by atoms with Crippen molar-refractivity contribution >= 4 is 33.0 Å². The Labute approximate surface area is 232 Å². The number of anilines is 1. The summed E-state index contributed by atoms with van der Waals surface area (Å²) in [6, 6.07) is 3.19. The summed E-state index contributed by atoms with van der Waals surface area (Å²) in [7, 11) is -1.32. The number of rotatable bonds is 11. The Morgan fingerprint density at radius 1 is 1.21 bits per heavy atom. The Hall–Kier alpha value is -3.16. The van der Waals surface area contributed by atoms with Crippen LogP contribution in [0.1, 0.15) is 67.0 Å². The topological polar surface area (TPSA) is 139 Å². The molecule has 3 aromatic rings. The van der Waals surface area contributed by atoms with Gasteiger partial charge in [0.2, 0.25) is 15.9 Å². The van der Waals surface area contributed by atoms with Gasteiger partial charge in [-0.15, -0.1) is 11.3 Å². The summed E-state index contributed by atoms with van der Waals surface area (Å²) in [5.41, 5.74) is 1.63. The first-order valence-corrected chi connectivity index (χ1v) is 15.6. The summed E-state index contributed by atoms with van der Waals surface area (Å²) in [5, 5.41) is 3.08. The normalized spacial score (nSPS) is 18.9. The molecule has 0 spiro atoms. The zero-order chi connectivity index (χ0) is 27.4. The van der Waals surface area contributed by atoms with Gasteiger partial charge in [-0.2, -0.15) is 0 Å². The summed E-state index contributed by atoms with van der Waals surface area (Å²) in [4.78, 5) is 33.9. The minimum Gasteiger partial charge on any atom is -0.477 e. The molecule has 13 heteroatoms. The second kappa shape index (κ2) is 11.9. The minimum atomic E-state index is -3.42. The van der Waals surface area contributed by atoms with Crippen LogP contribution in [0.2, 0.25) is 0 Å². The van der Waals surface area contributed by atoms with E-state index in [4.69, 9.17) is 4.74 Å². The zero-order valence-electron chi connectivity index (χ0n) is 22.0. The highest BCUT2D eigenvalue weighted by Crippen LogP contribution is 2.32. The maximum atomic E-state index is 13.4. The number of sulfonamides is 1. The average Bonchev–Trinajstić information content (AvgIpc) is 3.68. The maximum absolute atomic E-state index is 13.4. The predicted molar refractivity (Wildman–Crippen MR) is 149 cm³/mol. The molecule has 2 fully saturated rings. The molecule has 1 aliphatic carbocycles. The van der Waals surface area contributed by atoms with E-state index in [1.807, 2.05) is 6.92 Å². The molecule has 11 nitrogen and oxygen atoms in total. The zero-order valence-corrected chi connectivity index (χ0v) is 23.7. The number of ether oxygens (including phenoxy) is 1. The average molecular weight is 572 g/mol. The monoisotopic (exact) mass is 571 g/mol. The van der Waals surface area contributed by atoms with E-state index in [-0.39, 0.29) is 17.2 Å². The van der Waals surface area contributed by atoms with Crippen LogP contribution in [0.4, 0.5) is 5.69 Å². The van der Waals surface area contributed by atoms with Gasteiger partial charge >= 0.3 is 0 Å². The third-order valence-corrected chi connectivity index (χ3v) is 9.84. The first-order valence-electron chi connectivity index (χ1n) is 13.2. The molecule has 3 aromatic heterocycles. The summed E-state index contributed by atoms with van der Waals surface area (Å²) in [5.74, 6) is 0.0868. The molecule has 4 heterocycles. The molecule has 0 aromatic carbocycles. The van der Waals surface area contributed by atoms with E-state index in [0.29, 0.717) is 58.7 Å². The second-order valence-corrected chi connectivity index (χ2v) is 12.9. The lowest BCUT2D eigenvalue weighted by Crippen LogP contribution is -2.40. The molecule has 2 aliphatic rings. The van der Waals surface area contributed by atoms with Gasteiger partial charge < -0.3 is 15.0 Å². The van der Waals surface area contributed by atoms with Gasteiger partial charge in [0.1, 0.15) is 5.69 Å². The summed E-state index contributed by atoms with van der Waals surface area (Å²) in [6.45, 7) is 3.35. The van der Waals surface area contributed by atoms with Crippen molar-refractivity contribution in [2.24, 2.45) is 0 Å². The maximum Gasteiger partial charge on any atom is 0.280 e. The van der Waals surface area contributed by atoms with Crippen molar-refractivity contribution in [1.29, 1.82) is 0 Å². The number of thiazole rings is 1. The fraction of sp³-hybridized carbons (Fsp3) is 0.500. The van der Waals surface area contributed by atoms with Crippen LogP contribution in [0, 0.1) is 0 Å². The summed E-state index contributed by atoms with van der Waals surface area (Å²) >= 11 is 1.22. The number of nitrogens with one attached hydrogen (secondary N) is 2. The molecule has 208 valence electrons. The van der Waals surface area contributed by atoms with Crippen molar-refractivity contribution < 1.29 is 17.9 Å². The van der Waals surface area contributed by atoms with Crippen LogP contribution >= 0.6 is 11.3 Å². The number of aromatic nitrogens is 4. The molecule has 2 atom stereocenters. The Kier molecular flexibility index (Phi) is 8.38. The first kappa shape index (κ1) is 27.4. The molecule has 0 unspecified atom stereocenters. The molecule has 1 amide bonds. The molecule has 1 aliphatic heterocycles. The van der Waals surface area contributed by atoms with E-state index in [9.17, 15) is 13.2 Å². The number of piperidine rings is 1. The fourth-order valence-corrected chi connectivity index (χ4v) is 6.85. The van der Waals surface area contributed by atoms with E-state index in [2.05, 4.69) is 41.9 Å². The van der Waals surface area contributed by atoms with Gasteiger partial charge in [0.15, 0.2) is 5.01 Å². The molecule has 0 bridgehead atoms. The second-order valence-electron chi connectivity index (χ2n) is 9.91. The van der Waals surface area contributed by atoms with Crippen LogP contribution in [0.25, 0.3) is 10.6 Å². The highest BCUT2D eigenvalue weighted by Gasteiger charge is 2.36. The number of carbonyl (C=O) groups excluding carboxylic acids is 1. The smallest absolute Gasteiger partial charge is 0.280 e. The molecular weight excluding hydrogens is 538 g/mol. The Balaban J connectivity index is 1.36. The summed E-state index contributed by atoms with van der Waals surface area (Å²) < 4.78 is 33.1. The van der Waals surface area contributed by atoms with Gasteiger partial charge in [0, 0.05) is 18.4 Å². The van der Waals surface area contributed by atoms with E-state index >= 15 is 0 Å². The molecule has 5 rings (SSSR count). The molecular formula is C26H33N7O4S2. The summed E-state index contributed by atoms with van der Waals surface area (Å²) in [6.07, 6.45) is 11.6. The van der Waals surface area contributed by atoms with Crippen molar-refractivity contribution in [3.05, 3.63) is 47.6 Å². The van der Waals surface area contributed by atoms with E-state index < -0.39 is 16.1 Å². The number of amides is 1. The molecule has 39 heavy (non-hydrogen) atoms. The number of likely N-dealkylation sites (tertiary alicyclic amines) is 1. The van der Waals surface area contributed by atoms with Crippen molar-refractivity contribution in [3.63, 3.8) is 0 Å². The number of hydrogen-bond acceptors (Lipinski definition) is 10. The van der Waals surface area contributed by atoms with Crippen LogP contribution in [-0.2, 0) is 10.0 Å². The van der Waals surface area contributed by atoms with Gasteiger partial charge in [-0.3, -0.25) is 19.5 Å². The van der Waals surface area contributed by atoms with Gasteiger partial charge in [0.05, 0.1) is 46.6 Å². The highest BCUT2D eigenvalue weighted by molar-refractivity contribution is 7.93. The molecule has 0 radical (unpaired) electrons. The van der Waals surface area contributed by atoms with E-state index in [1.165, 1.54) is 11.3 Å². The number of hydrogen-bond donors (Lipinski definition) is 2. The lowest BCUT2D eigenvalue weighted by atomic mass is 9.94. The molecule has 1 saturated heterocycles. The standard InChI is InChI=1S/C26H33N7O4S2/c1-3-37-24-16-27-14-22(30-24)23-15-29-26(38-23)25(34)31-21(13-18-6-4-5-11-33(18)2)20-12-17(9-10-28-20)32-39(35,36)19-7-8-19/h9-10,12,14-16,18-19,21H,3-8,11,13H2,1-2H3,(H,28,32)(H,31,34)/t18-,21+/m1/s1. The number of carbonyl (C=O) groups is 1. The molecule has 2 N–H and O–H groups in total. The van der Waals surface area contributed by atoms with Crippen molar-refractivity contribution in [2.75, 3.05) is 24.9 Å². The number of pyridine rings is 1. The van der Waals surface area contributed by atoms with Crippen molar-refractivity contribution in [2.45, 2.75) is 62.8 Å². The van der Waals surface area contributed by atoms with Crippen molar-refractivity contribution in [3.8, 4) is 16.5 Å². The van der Waals surface area contributed by atoms with Crippen LogP contribution in [-0.4, -0.2) is 70.7 Å². The highest BCUT2D eigenvalue weighted by atomic mass is 32.2. The Morgan fingerprint density at radius 3 is 2.82 bits per heavy atom. The third-order valence-electron chi connectivity index (χ3n) is 6.95. The van der Waals surface area contributed by atoms with Gasteiger partial charge in [0.25, 0.3) is 5.91 Å². The van der Waals surface area contributed by atoms with Crippen molar-refractivity contribution in [1.82, 2.24) is 30.2 Å². The van der Waals surface area contributed by atoms with Gasteiger partial charge in [-0.05, 0) is 64.8 Å². The van der Waals surface area contributed by atoms with Crippen LogP contribution in [0.3, 0.4) is 0 Å². The van der Waals surface area contributed by atoms with E-state index in [1.54, 1.807) is 36.9 Å². The van der Waals surface area contributed by atoms with E-state index in [0.717, 1.165) is 25.8 Å². The lowest BCUT2D eigenvalue weighted by molar-refractivity contribution is 0.0915. The Bertz CT molecular complexity index is 1410. The van der Waals surface area contributed by atoms with Crippen LogP contribution < -0.4 is 14.8 Å². The van der Waals surface area contributed by atoms with Crippen LogP contribution in [0.15, 0.2) is 36.9 Å². The third kappa shape index (κ3) is 6.89. The largest absolute Gasteiger partial charge is 0.477 e. The molecule has 1 saturated carbocycles. The first-order chi connectivity index (χ1) is 18.8.